The summed E-state index contributed by atoms with van der Waals surface area (Å²) in [6.07, 6.45) is 1.03. The van der Waals surface area contributed by atoms with Gasteiger partial charge in [0, 0.05) is 24.3 Å². The average molecular weight is 250 g/mol. The number of ether oxygens (including phenoxy) is 1. The second-order valence-electron chi connectivity index (χ2n) is 5.01. The van der Waals surface area contributed by atoms with Gasteiger partial charge in [-0.25, -0.2) is 0 Å². The number of aryl methyl sites for hydroxylation is 1. The molecule has 3 N–H and O–H groups in total. The molecular formula is C14H22N2O2. The Balaban J connectivity index is 1.87. The first kappa shape index (κ1) is 13.2. The summed E-state index contributed by atoms with van der Waals surface area (Å²) in [5.41, 5.74) is 2.15. The predicted octanol–water partition coefficient (Wildman–Crippen LogP) is 1.88. The Morgan fingerprint density at radius 3 is 3.06 bits per heavy atom. The van der Waals surface area contributed by atoms with E-state index in [2.05, 4.69) is 17.6 Å². The van der Waals surface area contributed by atoms with Crippen LogP contribution in [0, 0.1) is 6.92 Å². The van der Waals surface area contributed by atoms with Crippen molar-refractivity contribution in [3.63, 3.8) is 0 Å². The van der Waals surface area contributed by atoms with Crippen LogP contribution in [-0.4, -0.2) is 36.9 Å². The van der Waals surface area contributed by atoms with E-state index in [1.54, 1.807) is 12.1 Å². The maximum atomic E-state index is 9.38. The highest BCUT2D eigenvalue weighted by Gasteiger charge is 2.16. The first-order valence-corrected chi connectivity index (χ1v) is 6.52. The molecule has 1 aliphatic rings. The molecule has 2 atom stereocenters. The van der Waals surface area contributed by atoms with Crippen LogP contribution >= 0.6 is 0 Å². The normalized spacial score (nSPS) is 21.6. The molecule has 1 aromatic carbocycles. The molecule has 0 bridgehead atoms. The van der Waals surface area contributed by atoms with Gasteiger partial charge in [-0.1, -0.05) is 0 Å². The lowest BCUT2D eigenvalue weighted by Crippen LogP contribution is -2.43. The van der Waals surface area contributed by atoms with E-state index in [1.807, 2.05) is 13.0 Å². The fourth-order valence-corrected chi connectivity index (χ4v) is 2.33. The Hall–Kier alpha value is -1.26. The molecule has 4 heteroatoms. The zero-order valence-corrected chi connectivity index (χ0v) is 11.1. The summed E-state index contributed by atoms with van der Waals surface area (Å²) in [5, 5.41) is 16.3. The van der Waals surface area contributed by atoms with Crippen LogP contribution in [0.25, 0.3) is 0 Å². The van der Waals surface area contributed by atoms with E-state index in [0.29, 0.717) is 17.8 Å². The Morgan fingerprint density at radius 2 is 2.39 bits per heavy atom. The van der Waals surface area contributed by atoms with Gasteiger partial charge >= 0.3 is 0 Å². The van der Waals surface area contributed by atoms with Crippen LogP contribution in [0.2, 0.25) is 0 Å². The highest BCUT2D eigenvalue weighted by molar-refractivity contribution is 5.53. The van der Waals surface area contributed by atoms with E-state index in [0.717, 1.165) is 37.4 Å². The van der Waals surface area contributed by atoms with Gasteiger partial charge in [0.25, 0.3) is 0 Å². The molecule has 1 saturated heterocycles. The van der Waals surface area contributed by atoms with Gasteiger partial charge in [-0.2, -0.15) is 0 Å². The van der Waals surface area contributed by atoms with E-state index >= 15 is 0 Å². The first-order valence-electron chi connectivity index (χ1n) is 6.52. The minimum atomic E-state index is 0.313. The molecule has 1 heterocycles. The number of morpholine rings is 1. The smallest absolute Gasteiger partial charge is 0.115 e. The van der Waals surface area contributed by atoms with Crippen LogP contribution in [0.4, 0.5) is 5.69 Å². The minimum Gasteiger partial charge on any atom is -0.508 e. The monoisotopic (exact) mass is 250 g/mol. The molecule has 18 heavy (non-hydrogen) atoms. The molecule has 1 fully saturated rings. The molecule has 0 saturated carbocycles. The third-order valence-corrected chi connectivity index (χ3v) is 3.25. The van der Waals surface area contributed by atoms with Crippen molar-refractivity contribution in [1.82, 2.24) is 5.32 Å². The van der Waals surface area contributed by atoms with E-state index in [4.69, 9.17) is 4.74 Å². The van der Waals surface area contributed by atoms with Gasteiger partial charge in [0.15, 0.2) is 0 Å². The van der Waals surface area contributed by atoms with E-state index in [1.165, 1.54) is 0 Å². The number of rotatable bonds is 4. The van der Waals surface area contributed by atoms with Gasteiger partial charge < -0.3 is 20.5 Å². The fraction of sp³-hybridized carbons (Fsp3) is 0.571. The second kappa shape index (κ2) is 6.07. The van der Waals surface area contributed by atoms with Gasteiger partial charge in [-0.3, -0.25) is 0 Å². The van der Waals surface area contributed by atoms with Gasteiger partial charge in [-0.05, 0) is 44.0 Å². The predicted molar refractivity (Wildman–Crippen MR) is 73.2 cm³/mol. The van der Waals surface area contributed by atoms with Crippen LogP contribution in [0.1, 0.15) is 18.9 Å². The minimum absolute atomic E-state index is 0.313. The largest absolute Gasteiger partial charge is 0.508 e. The number of anilines is 1. The molecule has 0 aromatic heterocycles. The van der Waals surface area contributed by atoms with Gasteiger partial charge in [0.1, 0.15) is 5.75 Å². The standard InChI is InChI=1S/C14H22N2O2/c1-10-7-13(17)3-4-14(10)16-11(2)8-12-9-18-6-5-15-12/h3-4,7,11-12,15-17H,5-6,8-9H2,1-2H3. The lowest BCUT2D eigenvalue weighted by molar-refractivity contribution is 0.0731. The zero-order chi connectivity index (χ0) is 13.0. The van der Waals surface area contributed by atoms with Crippen molar-refractivity contribution >= 4 is 5.69 Å². The third-order valence-electron chi connectivity index (χ3n) is 3.25. The lowest BCUT2D eigenvalue weighted by Gasteiger charge is -2.27. The number of hydrogen-bond acceptors (Lipinski definition) is 4. The van der Waals surface area contributed by atoms with Crippen molar-refractivity contribution in [2.45, 2.75) is 32.4 Å². The Morgan fingerprint density at radius 1 is 1.56 bits per heavy atom. The van der Waals surface area contributed by atoms with Crippen LogP contribution in [-0.2, 0) is 4.74 Å². The molecule has 0 spiro atoms. The van der Waals surface area contributed by atoms with Crippen molar-refractivity contribution in [2.24, 2.45) is 0 Å². The summed E-state index contributed by atoms with van der Waals surface area (Å²) in [5.74, 6) is 0.313. The number of benzene rings is 1. The summed E-state index contributed by atoms with van der Waals surface area (Å²) in [6, 6.07) is 6.21. The Bertz CT molecular complexity index is 389. The molecule has 1 aliphatic heterocycles. The van der Waals surface area contributed by atoms with Crippen LogP contribution in [0.15, 0.2) is 18.2 Å². The molecule has 2 unspecified atom stereocenters. The highest BCUT2D eigenvalue weighted by Crippen LogP contribution is 2.21. The van der Waals surface area contributed by atoms with Crippen LogP contribution in [0.5, 0.6) is 5.75 Å². The van der Waals surface area contributed by atoms with Crippen LogP contribution < -0.4 is 10.6 Å². The Labute approximate surface area is 108 Å². The van der Waals surface area contributed by atoms with Gasteiger partial charge in [0.2, 0.25) is 0 Å². The van der Waals surface area contributed by atoms with Crippen molar-refractivity contribution < 1.29 is 9.84 Å². The SMILES string of the molecule is Cc1cc(O)ccc1NC(C)CC1COCCN1. The van der Waals surface area contributed by atoms with Crippen molar-refractivity contribution in [2.75, 3.05) is 25.1 Å². The molecule has 1 aromatic rings. The van der Waals surface area contributed by atoms with E-state index in [-0.39, 0.29) is 0 Å². The summed E-state index contributed by atoms with van der Waals surface area (Å²) in [6.45, 7) is 6.71. The van der Waals surface area contributed by atoms with Crippen LogP contribution in [0.3, 0.4) is 0 Å². The van der Waals surface area contributed by atoms with E-state index < -0.39 is 0 Å². The molecular weight excluding hydrogens is 228 g/mol. The van der Waals surface area contributed by atoms with Crippen molar-refractivity contribution in [3.05, 3.63) is 23.8 Å². The molecule has 0 amide bonds. The molecule has 2 rings (SSSR count). The average Bonchev–Trinajstić information content (AvgIpc) is 2.34. The maximum absolute atomic E-state index is 9.38. The Kier molecular flexibility index (Phi) is 4.44. The van der Waals surface area contributed by atoms with E-state index in [9.17, 15) is 5.11 Å². The summed E-state index contributed by atoms with van der Waals surface area (Å²) in [4.78, 5) is 0. The van der Waals surface area contributed by atoms with Crippen molar-refractivity contribution in [3.8, 4) is 5.75 Å². The number of phenols is 1. The number of phenolic OH excluding ortho intramolecular Hbond substituents is 1. The van der Waals surface area contributed by atoms with Gasteiger partial charge in [0.05, 0.1) is 13.2 Å². The summed E-state index contributed by atoms with van der Waals surface area (Å²) in [7, 11) is 0. The first-order chi connectivity index (χ1) is 8.65. The highest BCUT2D eigenvalue weighted by atomic mass is 16.5. The fourth-order valence-electron chi connectivity index (χ4n) is 2.33. The number of hydrogen-bond donors (Lipinski definition) is 3. The lowest BCUT2D eigenvalue weighted by atomic mass is 10.1. The quantitative estimate of drug-likeness (QED) is 0.714. The topological polar surface area (TPSA) is 53.5 Å². The molecule has 4 nitrogen and oxygen atoms in total. The van der Waals surface area contributed by atoms with Crippen molar-refractivity contribution in [1.29, 1.82) is 0 Å². The molecule has 100 valence electrons. The molecule has 0 radical (unpaired) electrons. The number of aromatic hydroxyl groups is 1. The number of nitrogens with one attached hydrogen (secondary N) is 2. The third kappa shape index (κ3) is 3.62. The molecule has 0 aliphatic carbocycles. The maximum Gasteiger partial charge on any atom is 0.115 e. The zero-order valence-electron chi connectivity index (χ0n) is 11.1. The second-order valence-corrected chi connectivity index (χ2v) is 5.01. The summed E-state index contributed by atoms with van der Waals surface area (Å²) >= 11 is 0. The van der Waals surface area contributed by atoms with Gasteiger partial charge in [-0.15, -0.1) is 0 Å². The summed E-state index contributed by atoms with van der Waals surface area (Å²) < 4.78 is 5.45.